The van der Waals surface area contributed by atoms with E-state index in [9.17, 15) is 14.4 Å². The maximum Gasteiger partial charge on any atom is 0.247 e. The average molecular weight is 397 g/mol. The molecule has 5 rings (SSSR count). The summed E-state index contributed by atoms with van der Waals surface area (Å²) in [6, 6.07) is 6.34. The third-order valence-corrected chi connectivity index (χ3v) is 7.29. The van der Waals surface area contributed by atoms with Crippen molar-refractivity contribution < 1.29 is 14.4 Å². The van der Waals surface area contributed by atoms with Gasteiger partial charge in [-0.1, -0.05) is 26.0 Å². The first-order valence-electron chi connectivity index (χ1n) is 11.0. The summed E-state index contributed by atoms with van der Waals surface area (Å²) >= 11 is 0. The van der Waals surface area contributed by atoms with Crippen molar-refractivity contribution in [2.75, 3.05) is 5.32 Å². The molecule has 4 saturated carbocycles. The fraction of sp³-hybridized carbons (Fsp3) is 0.625. The van der Waals surface area contributed by atoms with Crippen LogP contribution in [0, 0.1) is 29.1 Å². The van der Waals surface area contributed by atoms with Gasteiger partial charge < -0.3 is 10.6 Å². The van der Waals surface area contributed by atoms with Gasteiger partial charge in [-0.05, 0) is 81.3 Å². The quantitative estimate of drug-likeness (QED) is 0.708. The second-order valence-corrected chi connectivity index (χ2v) is 10.0. The van der Waals surface area contributed by atoms with Crippen LogP contribution in [0.2, 0.25) is 0 Å². The molecule has 0 spiro atoms. The molecule has 156 valence electrons. The van der Waals surface area contributed by atoms with Crippen LogP contribution in [-0.4, -0.2) is 23.6 Å². The molecule has 29 heavy (non-hydrogen) atoms. The fourth-order valence-electron chi connectivity index (χ4n) is 6.25. The van der Waals surface area contributed by atoms with Gasteiger partial charge >= 0.3 is 0 Å². The van der Waals surface area contributed by atoms with Crippen LogP contribution in [0.3, 0.4) is 0 Å². The average Bonchev–Trinajstić information content (AvgIpc) is 2.64. The minimum Gasteiger partial charge on any atom is -0.344 e. The number of carbonyl (C=O) groups excluding carboxylic acids is 3. The van der Waals surface area contributed by atoms with E-state index in [0.717, 1.165) is 19.3 Å². The molecule has 5 heteroatoms. The Bertz CT molecular complexity index is 794. The number of hydrogen-bond donors (Lipinski definition) is 2. The summed E-state index contributed by atoms with van der Waals surface area (Å²) < 4.78 is 0. The minimum absolute atomic E-state index is 0.0242. The summed E-state index contributed by atoms with van der Waals surface area (Å²) in [5.41, 5.74) is 0.871. The number of rotatable bonds is 6. The molecule has 2 amide bonds. The van der Waals surface area contributed by atoms with E-state index in [1.165, 1.54) is 26.2 Å². The number of carbonyl (C=O) groups is 3. The predicted octanol–water partition coefficient (Wildman–Crippen LogP) is 4.18. The lowest BCUT2D eigenvalue weighted by molar-refractivity contribution is -0.148. The zero-order chi connectivity index (χ0) is 20.8. The van der Waals surface area contributed by atoms with Crippen molar-refractivity contribution in [3.8, 4) is 0 Å². The molecule has 4 aliphatic rings. The molecule has 1 aromatic rings. The van der Waals surface area contributed by atoms with Crippen molar-refractivity contribution in [2.24, 2.45) is 29.1 Å². The van der Waals surface area contributed by atoms with Crippen molar-refractivity contribution in [1.29, 1.82) is 0 Å². The number of nitrogens with one attached hydrogen (secondary N) is 2. The first kappa shape index (κ1) is 20.1. The molecule has 4 bridgehead atoms. The number of amides is 2. The summed E-state index contributed by atoms with van der Waals surface area (Å²) in [6.07, 6.45) is 6.81. The molecule has 0 unspecified atom stereocenters. The van der Waals surface area contributed by atoms with Gasteiger partial charge in [-0.3, -0.25) is 14.4 Å². The Labute approximate surface area is 173 Å². The van der Waals surface area contributed by atoms with Crippen molar-refractivity contribution in [2.45, 2.75) is 65.3 Å². The summed E-state index contributed by atoms with van der Waals surface area (Å²) in [5, 5.41) is 6.00. The summed E-state index contributed by atoms with van der Waals surface area (Å²) in [6.45, 7) is 5.41. The summed E-state index contributed by atoms with van der Waals surface area (Å²) in [7, 11) is 0. The standard InChI is InChI=1S/C24H32N2O3/c1-14(2)21(22(28)25-20-6-4-5-19(10-20)15(3)27)26-23(29)24-11-16-7-17(12-24)9-18(8-16)13-24/h4-6,10,14,16-18,21H,7-9,11-13H2,1-3H3,(H,25,28)(H,26,29)/t16?,17?,18?,21-,24?/m0/s1. The first-order valence-corrected chi connectivity index (χ1v) is 11.0. The van der Waals surface area contributed by atoms with Gasteiger partial charge in [0.15, 0.2) is 5.78 Å². The van der Waals surface area contributed by atoms with Gasteiger partial charge in [0.05, 0.1) is 0 Å². The van der Waals surface area contributed by atoms with Crippen LogP contribution in [0.4, 0.5) is 5.69 Å². The van der Waals surface area contributed by atoms with E-state index >= 15 is 0 Å². The van der Waals surface area contributed by atoms with Gasteiger partial charge in [-0.15, -0.1) is 0 Å². The number of benzene rings is 1. The van der Waals surface area contributed by atoms with Crippen molar-refractivity contribution >= 4 is 23.3 Å². The van der Waals surface area contributed by atoms with Gasteiger partial charge in [0, 0.05) is 16.7 Å². The zero-order valence-electron chi connectivity index (χ0n) is 17.7. The normalized spacial score (nSPS) is 30.8. The van der Waals surface area contributed by atoms with E-state index in [4.69, 9.17) is 0 Å². The van der Waals surface area contributed by atoms with E-state index in [-0.39, 0.29) is 28.9 Å². The van der Waals surface area contributed by atoms with Crippen LogP contribution in [-0.2, 0) is 9.59 Å². The SMILES string of the molecule is CC(=O)c1cccc(NC(=O)[C@@H](NC(=O)C23CC4CC(CC(C4)C2)C3)C(C)C)c1. The predicted molar refractivity (Wildman–Crippen MR) is 112 cm³/mol. The molecule has 4 aliphatic carbocycles. The largest absolute Gasteiger partial charge is 0.344 e. The van der Waals surface area contributed by atoms with Crippen molar-refractivity contribution in [1.82, 2.24) is 5.32 Å². The van der Waals surface area contributed by atoms with E-state index in [0.29, 0.717) is 29.0 Å². The van der Waals surface area contributed by atoms with Gasteiger partial charge in [-0.25, -0.2) is 0 Å². The summed E-state index contributed by atoms with van der Waals surface area (Å²) in [4.78, 5) is 38.0. The minimum atomic E-state index is -0.587. The highest BCUT2D eigenvalue weighted by molar-refractivity contribution is 6.00. The Morgan fingerprint density at radius 2 is 1.59 bits per heavy atom. The third-order valence-electron chi connectivity index (χ3n) is 7.29. The molecule has 0 saturated heterocycles. The molecule has 0 aliphatic heterocycles. The molecule has 1 aromatic carbocycles. The highest BCUT2D eigenvalue weighted by Crippen LogP contribution is 2.60. The second-order valence-electron chi connectivity index (χ2n) is 10.0. The number of anilines is 1. The van der Waals surface area contributed by atoms with E-state index < -0.39 is 6.04 Å². The van der Waals surface area contributed by atoms with Crippen LogP contribution in [0.25, 0.3) is 0 Å². The van der Waals surface area contributed by atoms with Crippen molar-refractivity contribution in [3.05, 3.63) is 29.8 Å². The van der Waals surface area contributed by atoms with Crippen LogP contribution >= 0.6 is 0 Å². The van der Waals surface area contributed by atoms with Crippen LogP contribution in [0.5, 0.6) is 0 Å². The van der Waals surface area contributed by atoms with E-state index in [2.05, 4.69) is 10.6 Å². The third kappa shape index (κ3) is 3.96. The lowest BCUT2D eigenvalue weighted by Crippen LogP contribution is -2.57. The smallest absolute Gasteiger partial charge is 0.247 e. The second kappa shape index (κ2) is 7.58. The molecular weight excluding hydrogens is 364 g/mol. The van der Waals surface area contributed by atoms with E-state index in [1.54, 1.807) is 24.3 Å². The maximum absolute atomic E-state index is 13.4. The first-order chi connectivity index (χ1) is 13.8. The van der Waals surface area contributed by atoms with Gasteiger partial charge in [0.2, 0.25) is 11.8 Å². The molecule has 0 radical (unpaired) electrons. The molecule has 0 aromatic heterocycles. The Morgan fingerprint density at radius 3 is 2.10 bits per heavy atom. The maximum atomic E-state index is 13.4. The van der Waals surface area contributed by atoms with Crippen LogP contribution in [0.1, 0.15) is 69.7 Å². The fourth-order valence-corrected chi connectivity index (χ4v) is 6.25. The molecule has 5 nitrogen and oxygen atoms in total. The highest BCUT2D eigenvalue weighted by Gasteiger charge is 2.55. The van der Waals surface area contributed by atoms with Gasteiger partial charge in [0.1, 0.15) is 6.04 Å². The summed E-state index contributed by atoms with van der Waals surface area (Å²) in [5.74, 6) is 1.84. The van der Waals surface area contributed by atoms with Gasteiger partial charge in [-0.2, -0.15) is 0 Å². The highest BCUT2D eigenvalue weighted by atomic mass is 16.2. The lowest BCUT2D eigenvalue weighted by atomic mass is 9.49. The molecule has 2 N–H and O–H groups in total. The number of ketones is 1. The van der Waals surface area contributed by atoms with Crippen LogP contribution < -0.4 is 10.6 Å². The zero-order valence-corrected chi connectivity index (χ0v) is 17.7. The lowest BCUT2D eigenvalue weighted by Gasteiger charge is -2.55. The molecule has 4 fully saturated rings. The number of hydrogen-bond acceptors (Lipinski definition) is 3. The monoisotopic (exact) mass is 396 g/mol. The van der Waals surface area contributed by atoms with Gasteiger partial charge in [0.25, 0.3) is 0 Å². The Balaban J connectivity index is 1.46. The van der Waals surface area contributed by atoms with Crippen molar-refractivity contribution in [3.63, 3.8) is 0 Å². The Hall–Kier alpha value is -2.17. The molecule has 1 atom stereocenters. The topological polar surface area (TPSA) is 75.3 Å². The Morgan fingerprint density at radius 1 is 1.00 bits per heavy atom. The van der Waals surface area contributed by atoms with E-state index in [1.807, 2.05) is 13.8 Å². The molecule has 0 heterocycles. The Kier molecular flexibility index (Phi) is 5.26. The molecular formula is C24H32N2O3. The van der Waals surface area contributed by atoms with Crippen LogP contribution in [0.15, 0.2) is 24.3 Å². The number of Topliss-reactive ketones (excluding diaryl/α,β-unsaturated/α-hetero) is 1.